The fourth-order valence-corrected chi connectivity index (χ4v) is 1.77. The topological polar surface area (TPSA) is 82.2 Å². The lowest BCUT2D eigenvalue weighted by Crippen LogP contribution is -2.07. The maximum Gasteiger partial charge on any atom is 0.227 e. The quantitative estimate of drug-likeness (QED) is 0.644. The van der Waals surface area contributed by atoms with Crippen molar-refractivity contribution in [3.05, 3.63) is 34.9 Å². The van der Waals surface area contributed by atoms with E-state index in [1.54, 1.807) is 17.7 Å². The summed E-state index contributed by atoms with van der Waals surface area (Å²) in [6, 6.07) is 7.79. The van der Waals surface area contributed by atoms with Crippen LogP contribution in [0.2, 0.25) is 0 Å². The molecule has 0 fully saturated rings. The number of aromatic nitrogens is 1. The lowest BCUT2D eigenvalue weighted by atomic mass is 10.2. The van der Waals surface area contributed by atoms with E-state index >= 15 is 0 Å². The fraction of sp³-hybridized carbons (Fsp3) is 0.471. The van der Waals surface area contributed by atoms with E-state index in [-0.39, 0.29) is 5.91 Å². The van der Waals surface area contributed by atoms with Crippen molar-refractivity contribution in [2.24, 2.45) is 5.14 Å². The van der Waals surface area contributed by atoms with Gasteiger partial charge >= 0.3 is 0 Å². The molecule has 140 valence electrons. The summed E-state index contributed by atoms with van der Waals surface area (Å²) in [5.41, 5.74) is 0.954. The average Bonchev–Trinajstić information content (AvgIpc) is 2.95. The monoisotopic (exact) mass is 422 g/mol. The third kappa shape index (κ3) is 13.3. The van der Waals surface area contributed by atoms with E-state index < -0.39 is 10.0 Å². The molecule has 7 heteroatoms. The maximum absolute atomic E-state index is 11.2. The molecule has 2 N–H and O–H groups in total. The predicted molar refractivity (Wildman–Crippen MR) is 109 cm³/mol. The van der Waals surface area contributed by atoms with Crippen LogP contribution in [0, 0.1) is 0 Å². The summed E-state index contributed by atoms with van der Waals surface area (Å²) in [5.74, 6) is 0.0392. The van der Waals surface area contributed by atoms with Gasteiger partial charge in [-0.2, -0.15) is 0 Å². The molecular formula is C17H31BrN2O3S. The summed E-state index contributed by atoms with van der Waals surface area (Å²) in [7, 11) is -3.17. The maximum atomic E-state index is 11.2. The third-order valence-electron chi connectivity index (χ3n) is 1.99. The van der Waals surface area contributed by atoms with Gasteiger partial charge in [-0.05, 0) is 24.3 Å². The largest absolute Gasteiger partial charge is 0.287 e. The number of hydrogen-bond acceptors (Lipinski definition) is 3. The zero-order valence-corrected chi connectivity index (χ0v) is 18.3. The molecule has 1 heterocycles. The number of nitrogens with two attached hydrogens (primary N) is 1. The van der Waals surface area contributed by atoms with Gasteiger partial charge < -0.3 is 0 Å². The molecule has 5 nitrogen and oxygen atoms in total. The van der Waals surface area contributed by atoms with Gasteiger partial charge in [0.15, 0.2) is 0 Å². The zero-order valence-electron chi connectivity index (χ0n) is 15.9. The minimum Gasteiger partial charge on any atom is -0.287 e. The molecule has 0 amide bonds. The van der Waals surface area contributed by atoms with Crippen LogP contribution in [0.25, 0.3) is 10.9 Å². The van der Waals surface area contributed by atoms with Crippen LogP contribution >= 0.6 is 15.9 Å². The van der Waals surface area contributed by atoms with Crippen molar-refractivity contribution in [3.8, 4) is 0 Å². The first-order chi connectivity index (χ1) is 11.2. The van der Waals surface area contributed by atoms with Gasteiger partial charge in [0.25, 0.3) is 0 Å². The van der Waals surface area contributed by atoms with Crippen molar-refractivity contribution in [1.29, 1.82) is 0 Å². The second-order valence-corrected chi connectivity index (χ2v) is 6.31. The first-order valence-electron chi connectivity index (χ1n) is 7.94. The second kappa shape index (κ2) is 15.4. The van der Waals surface area contributed by atoms with Crippen molar-refractivity contribution < 1.29 is 13.2 Å². The first-order valence-corrected chi connectivity index (χ1v) is 10.7. The van der Waals surface area contributed by atoms with Gasteiger partial charge in [0.1, 0.15) is 0 Å². The molecule has 0 spiro atoms. The smallest absolute Gasteiger partial charge is 0.227 e. The Morgan fingerprint density at radius 3 is 1.83 bits per heavy atom. The molecule has 0 unspecified atom stereocenters. The highest BCUT2D eigenvalue weighted by molar-refractivity contribution is 9.10. The minimum absolute atomic E-state index is 0.0392. The Balaban J connectivity index is -0.000000340. The second-order valence-electron chi connectivity index (χ2n) is 3.74. The van der Waals surface area contributed by atoms with Crippen molar-refractivity contribution in [3.63, 3.8) is 0 Å². The van der Waals surface area contributed by atoms with Crippen LogP contribution in [0.15, 0.2) is 34.9 Å². The molecule has 2 aromatic rings. The number of benzene rings is 1. The van der Waals surface area contributed by atoms with Gasteiger partial charge in [-0.3, -0.25) is 9.36 Å². The number of fused-ring (bicyclic) bond motifs is 1. The summed E-state index contributed by atoms with van der Waals surface area (Å²) < 4.78 is 21.5. The molecule has 0 bridgehead atoms. The minimum atomic E-state index is -3.17. The van der Waals surface area contributed by atoms with E-state index in [0.29, 0.717) is 0 Å². The lowest BCUT2D eigenvalue weighted by Gasteiger charge is -1.98. The summed E-state index contributed by atoms with van der Waals surface area (Å²) >= 11 is 3.38. The number of sulfonamides is 1. The van der Waals surface area contributed by atoms with Crippen LogP contribution in [0.4, 0.5) is 0 Å². The molecule has 0 saturated carbocycles. The number of hydrogen-bond donors (Lipinski definition) is 1. The first kappa shape index (κ1) is 27.7. The molecule has 24 heavy (non-hydrogen) atoms. The van der Waals surface area contributed by atoms with E-state index in [0.717, 1.165) is 21.6 Å². The van der Waals surface area contributed by atoms with Gasteiger partial charge in [-0.1, -0.05) is 57.5 Å². The van der Waals surface area contributed by atoms with E-state index in [2.05, 4.69) is 21.1 Å². The van der Waals surface area contributed by atoms with Crippen LogP contribution in [-0.2, 0) is 10.0 Å². The molecule has 1 aromatic carbocycles. The van der Waals surface area contributed by atoms with Crippen molar-refractivity contribution in [1.82, 2.24) is 4.57 Å². The fourth-order valence-electron chi connectivity index (χ4n) is 1.39. The molecule has 0 saturated heterocycles. The van der Waals surface area contributed by atoms with Crippen LogP contribution in [0.5, 0.6) is 0 Å². The summed E-state index contributed by atoms with van der Waals surface area (Å²) in [4.78, 5) is 11.2. The van der Waals surface area contributed by atoms with Crippen LogP contribution in [0.1, 0.15) is 53.3 Å². The molecule has 0 aliphatic carbocycles. The summed E-state index contributed by atoms with van der Waals surface area (Å²) in [5, 5.41) is 5.40. The number of halogens is 1. The number of carbonyl (C=O) groups is 1. The normalized spacial score (nSPS) is 8.92. The Hall–Kier alpha value is -1.18. The molecule has 1 aromatic heterocycles. The molecule has 0 aliphatic heterocycles. The number of nitrogens with zero attached hydrogens (tertiary/aromatic N) is 1. The summed E-state index contributed by atoms with van der Waals surface area (Å²) in [6.07, 6.45) is 2.73. The Morgan fingerprint density at radius 2 is 1.46 bits per heavy atom. The van der Waals surface area contributed by atoms with E-state index in [1.165, 1.54) is 0 Å². The van der Waals surface area contributed by atoms with Crippen LogP contribution in [-0.4, -0.2) is 25.1 Å². The van der Waals surface area contributed by atoms with E-state index in [1.807, 2.05) is 65.8 Å². The van der Waals surface area contributed by atoms with Crippen molar-refractivity contribution in [2.45, 2.75) is 48.5 Å². The summed E-state index contributed by atoms with van der Waals surface area (Å²) in [6.45, 7) is 13.6. The molecular weight excluding hydrogens is 392 g/mol. The van der Waals surface area contributed by atoms with Crippen molar-refractivity contribution >= 4 is 42.8 Å². The lowest BCUT2D eigenvalue weighted by molar-refractivity contribution is 0.0941. The highest BCUT2D eigenvalue weighted by Gasteiger charge is 2.03. The average molecular weight is 423 g/mol. The number of primary sulfonamides is 1. The van der Waals surface area contributed by atoms with Crippen LogP contribution < -0.4 is 5.14 Å². The Bertz CT molecular complexity index is 672. The predicted octanol–water partition coefficient (Wildman–Crippen LogP) is 5.05. The highest BCUT2D eigenvalue weighted by atomic mass is 79.9. The van der Waals surface area contributed by atoms with Gasteiger partial charge in [-0.15, -0.1) is 0 Å². The molecule has 0 radical (unpaired) electrons. The zero-order chi connectivity index (χ0) is 19.9. The standard InChI is InChI=1S/C10H8BrNO.3C2H6.CH5NO2S/c1-7(13)12-5-4-8-6-9(11)2-3-10(8)12;3*1-2;1-5(2,3)4/h2-6H,1H3;3*1-2H3;1H3,(H2,2,3,4). The van der Waals surface area contributed by atoms with E-state index in [4.69, 9.17) is 0 Å². The van der Waals surface area contributed by atoms with Gasteiger partial charge in [0.05, 0.1) is 11.8 Å². The van der Waals surface area contributed by atoms with Crippen LogP contribution in [0.3, 0.4) is 0 Å². The number of carbonyl (C=O) groups excluding carboxylic acids is 1. The van der Waals surface area contributed by atoms with E-state index in [9.17, 15) is 13.2 Å². The third-order valence-corrected chi connectivity index (χ3v) is 2.48. The van der Waals surface area contributed by atoms with Gasteiger partial charge in [0.2, 0.25) is 15.9 Å². The Labute approximate surface area is 155 Å². The SMILES string of the molecule is CC.CC.CC.CC(=O)n1ccc2cc(Br)ccc21.CS(N)(=O)=O. The van der Waals surface area contributed by atoms with Gasteiger partial charge in [-0.25, -0.2) is 13.6 Å². The molecule has 2 rings (SSSR count). The number of rotatable bonds is 0. The van der Waals surface area contributed by atoms with Gasteiger partial charge in [0, 0.05) is 23.0 Å². The molecule has 0 aliphatic rings. The molecule has 0 atom stereocenters. The Morgan fingerprint density at radius 1 is 1.04 bits per heavy atom. The van der Waals surface area contributed by atoms with Crippen molar-refractivity contribution in [2.75, 3.05) is 6.26 Å². The Kier molecular flexibility index (Phi) is 17.7. The highest BCUT2D eigenvalue weighted by Crippen LogP contribution is 2.20.